The van der Waals surface area contributed by atoms with Crippen LogP contribution in [-0.2, 0) is 9.53 Å². The van der Waals surface area contributed by atoms with E-state index in [1.54, 1.807) is 12.1 Å². The van der Waals surface area contributed by atoms with Crippen LogP contribution in [0.3, 0.4) is 0 Å². The van der Waals surface area contributed by atoms with Gasteiger partial charge in [0.05, 0.1) is 12.1 Å². The smallest absolute Gasteiger partial charge is 0.425 e. The number of carbonyl (C=O) groups excluding carboxylic acids is 2. The summed E-state index contributed by atoms with van der Waals surface area (Å²) in [6.07, 6.45) is -1.65. The number of carbonyl (C=O) groups is 2. The second-order valence-corrected chi connectivity index (χ2v) is 4.28. The molecule has 0 saturated carbocycles. The maximum absolute atomic E-state index is 11.6. The number of benzene rings is 1. The van der Waals surface area contributed by atoms with Gasteiger partial charge < -0.3 is 9.47 Å². The monoisotopic (exact) mass is 306 g/mol. The highest BCUT2D eigenvalue weighted by molar-refractivity contribution is 6.35. The molecule has 0 bridgehead atoms. The molecule has 1 aromatic carbocycles. The number of ether oxygens (including phenoxy) is 2. The summed E-state index contributed by atoms with van der Waals surface area (Å²) in [5.74, 6) is -0.247. The van der Waals surface area contributed by atoms with Crippen molar-refractivity contribution in [2.24, 2.45) is 0 Å². The van der Waals surface area contributed by atoms with Crippen LogP contribution >= 0.6 is 23.2 Å². The molecule has 0 aromatic heterocycles. The first kappa shape index (κ1) is 15.4. The Kier molecular flexibility index (Phi) is 5.72. The van der Waals surface area contributed by atoms with Crippen molar-refractivity contribution in [3.8, 4) is 5.75 Å². The van der Waals surface area contributed by atoms with E-state index in [4.69, 9.17) is 27.9 Å². The Morgan fingerprint density at radius 1 is 1.26 bits per heavy atom. The first-order chi connectivity index (χ1) is 8.93. The first-order valence-corrected chi connectivity index (χ1v) is 5.95. The molecular formula is C11H12Cl2N2O4. The number of halogens is 2. The number of methoxy groups -OCH3 is 1. The zero-order chi connectivity index (χ0) is 14.4. The van der Waals surface area contributed by atoms with Crippen LogP contribution in [0.4, 0.5) is 4.79 Å². The largest absolute Gasteiger partial charge is 0.479 e. The van der Waals surface area contributed by atoms with Crippen LogP contribution in [0.2, 0.25) is 10.0 Å². The van der Waals surface area contributed by atoms with Crippen LogP contribution in [-0.4, -0.2) is 25.2 Å². The number of hydrogen-bond acceptors (Lipinski definition) is 4. The minimum Gasteiger partial charge on any atom is -0.479 e. The number of rotatable bonds is 3. The van der Waals surface area contributed by atoms with Crippen molar-refractivity contribution in [1.29, 1.82) is 0 Å². The summed E-state index contributed by atoms with van der Waals surface area (Å²) in [4.78, 5) is 22.3. The average molecular weight is 307 g/mol. The van der Waals surface area contributed by atoms with E-state index in [0.29, 0.717) is 10.8 Å². The Hall–Kier alpha value is -1.66. The van der Waals surface area contributed by atoms with Crippen molar-refractivity contribution < 1.29 is 19.1 Å². The van der Waals surface area contributed by atoms with Crippen LogP contribution in [0.15, 0.2) is 18.2 Å². The molecule has 0 aliphatic carbocycles. The molecule has 0 spiro atoms. The van der Waals surface area contributed by atoms with E-state index < -0.39 is 18.1 Å². The lowest BCUT2D eigenvalue weighted by Crippen LogP contribution is -2.47. The molecule has 0 unspecified atom stereocenters. The van der Waals surface area contributed by atoms with Gasteiger partial charge in [-0.05, 0) is 25.1 Å². The van der Waals surface area contributed by atoms with E-state index in [-0.39, 0.29) is 5.02 Å². The van der Waals surface area contributed by atoms with Gasteiger partial charge in [0.15, 0.2) is 6.10 Å². The Bertz CT molecular complexity index is 482. The van der Waals surface area contributed by atoms with Gasteiger partial charge in [-0.2, -0.15) is 0 Å². The van der Waals surface area contributed by atoms with Gasteiger partial charge in [-0.1, -0.05) is 23.2 Å². The quantitative estimate of drug-likeness (QED) is 0.839. The maximum atomic E-state index is 11.6. The van der Waals surface area contributed by atoms with Crippen molar-refractivity contribution in [2.45, 2.75) is 13.0 Å². The normalized spacial score (nSPS) is 11.4. The third-order valence-electron chi connectivity index (χ3n) is 2.04. The van der Waals surface area contributed by atoms with E-state index in [0.717, 1.165) is 0 Å². The van der Waals surface area contributed by atoms with Crippen molar-refractivity contribution >= 4 is 35.2 Å². The van der Waals surface area contributed by atoms with Crippen LogP contribution in [0.1, 0.15) is 6.92 Å². The van der Waals surface area contributed by atoms with Crippen molar-refractivity contribution in [1.82, 2.24) is 10.9 Å². The van der Waals surface area contributed by atoms with Gasteiger partial charge >= 0.3 is 6.09 Å². The zero-order valence-electron chi connectivity index (χ0n) is 10.2. The van der Waals surface area contributed by atoms with Gasteiger partial charge in [0, 0.05) is 5.02 Å². The lowest BCUT2D eigenvalue weighted by molar-refractivity contribution is -0.128. The van der Waals surface area contributed by atoms with Gasteiger partial charge in [-0.3, -0.25) is 10.2 Å². The number of amides is 2. The second kappa shape index (κ2) is 7.06. The molecule has 19 heavy (non-hydrogen) atoms. The molecule has 1 atom stereocenters. The number of hydrazine groups is 1. The fourth-order valence-corrected chi connectivity index (χ4v) is 1.53. The predicted molar refractivity (Wildman–Crippen MR) is 70.2 cm³/mol. The molecule has 0 aliphatic rings. The molecule has 1 rings (SSSR count). The number of hydrogen-bond donors (Lipinski definition) is 2. The summed E-state index contributed by atoms with van der Waals surface area (Å²) in [6, 6.07) is 4.62. The molecule has 2 N–H and O–H groups in total. The Morgan fingerprint density at radius 2 is 1.95 bits per heavy atom. The van der Waals surface area contributed by atoms with Gasteiger partial charge in [0.1, 0.15) is 5.75 Å². The zero-order valence-corrected chi connectivity index (χ0v) is 11.7. The van der Waals surface area contributed by atoms with Crippen LogP contribution in [0.25, 0.3) is 0 Å². The van der Waals surface area contributed by atoms with E-state index in [1.165, 1.54) is 20.1 Å². The van der Waals surface area contributed by atoms with E-state index in [1.807, 2.05) is 5.43 Å². The molecule has 0 radical (unpaired) electrons. The lowest BCUT2D eigenvalue weighted by Gasteiger charge is -2.15. The molecule has 104 valence electrons. The Morgan fingerprint density at radius 3 is 2.53 bits per heavy atom. The summed E-state index contributed by atoms with van der Waals surface area (Å²) >= 11 is 11.6. The third-order valence-corrected chi connectivity index (χ3v) is 2.57. The van der Waals surface area contributed by atoms with Gasteiger partial charge in [-0.25, -0.2) is 10.2 Å². The average Bonchev–Trinajstić information content (AvgIpc) is 2.38. The summed E-state index contributed by atoms with van der Waals surface area (Å²) in [5, 5.41) is 0.745. The molecular weight excluding hydrogens is 295 g/mol. The van der Waals surface area contributed by atoms with E-state index in [9.17, 15) is 9.59 Å². The van der Waals surface area contributed by atoms with E-state index in [2.05, 4.69) is 10.2 Å². The second-order valence-electron chi connectivity index (χ2n) is 3.44. The Labute approximate surface area is 119 Å². The summed E-state index contributed by atoms with van der Waals surface area (Å²) in [7, 11) is 1.18. The molecule has 6 nitrogen and oxygen atoms in total. The van der Waals surface area contributed by atoms with Crippen molar-refractivity contribution in [3.05, 3.63) is 28.2 Å². The molecule has 8 heteroatoms. The van der Waals surface area contributed by atoms with E-state index >= 15 is 0 Å². The topological polar surface area (TPSA) is 76.7 Å². The maximum Gasteiger partial charge on any atom is 0.425 e. The van der Waals surface area contributed by atoms with Crippen LogP contribution in [0.5, 0.6) is 5.75 Å². The molecule has 2 amide bonds. The van der Waals surface area contributed by atoms with Crippen LogP contribution in [0, 0.1) is 0 Å². The third kappa shape index (κ3) is 4.84. The molecule has 1 aromatic rings. The standard InChI is InChI=1S/C11H12Cl2N2O4/c1-6(10(16)14-15-11(17)18-2)19-9-4-3-7(12)5-8(9)13/h3-6H,1-2H3,(H,14,16)(H,15,17)/t6-/m0/s1. The summed E-state index contributed by atoms with van der Waals surface area (Å²) < 4.78 is 9.62. The highest BCUT2D eigenvalue weighted by Crippen LogP contribution is 2.28. The lowest BCUT2D eigenvalue weighted by atomic mass is 10.3. The Balaban J connectivity index is 2.56. The highest BCUT2D eigenvalue weighted by atomic mass is 35.5. The molecule has 0 saturated heterocycles. The fraction of sp³-hybridized carbons (Fsp3) is 0.273. The fourth-order valence-electron chi connectivity index (χ4n) is 1.08. The molecule has 0 fully saturated rings. The molecule has 0 aliphatic heterocycles. The van der Waals surface area contributed by atoms with Crippen LogP contribution < -0.4 is 15.6 Å². The number of nitrogens with one attached hydrogen (secondary N) is 2. The summed E-state index contributed by atoms with van der Waals surface area (Å²) in [6.45, 7) is 1.50. The molecule has 0 heterocycles. The van der Waals surface area contributed by atoms with Gasteiger partial charge in [0.2, 0.25) is 0 Å². The van der Waals surface area contributed by atoms with Crippen molar-refractivity contribution in [2.75, 3.05) is 7.11 Å². The minimum atomic E-state index is -0.865. The first-order valence-electron chi connectivity index (χ1n) is 5.19. The minimum absolute atomic E-state index is 0.285. The SMILES string of the molecule is COC(=O)NNC(=O)[C@H](C)Oc1ccc(Cl)cc1Cl. The van der Waals surface area contributed by atoms with Gasteiger partial charge in [0.25, 0.3) is 5.91 Å². The highest BCUT2D eigenvalue weighted by Gasteiger charge is 2.16. The van der Waals surface area contributed by atoms with Crippen molar-refractivity contribution in [3.63, 3.8) is 0 Å². The predicted octanol–water partition coefficient (Wildman–Crippen LogP) is 2.15. The van der Waals surface area contributed by atoms with Gasteiger partial charge in [-0.15, -0.1) is 0 Å². The summed E-state index contributed by atoms with van der Waals surface area (Å²) in [5.41, 5.74) is 4.15.